The summed E-state index contributed by atoms with van der Waals surface area (Å²) in [4.78, 5) is 26.7. The number of rotatable bonds is 6. The molecule has 0 spiro atoms. The number of H-pyrrole nitrogens is 1. The zero-order valence-electron chi connectivity index (χ0n) is 17.8. The first-order chi connectivity index (χ1) is 15.4. The van der Waals surface area contributed by atoms with Crippen molar-refractivity contribution >= 4 is 11.6 Å². The lowest BCUT2D eigenvalue weighted by Crippen LogP contribution is -2.51. The molecule has 1 aromatic rings. The molecular weight excluding hydrogens is 458 g/mol. The fourth-order valence-electron chi connectivity index (χ4n) is 4.58. The zero-order valence-corrected chi connectivity index (χ0v) is 17.8. The molecule has 3 rings (SSSR count). The maximum atomic E-state index is 14.1. The topological polar surface area (TPSA) is 80.4 Å². The lowest BCUT2D eigenvalue weighted by molar-refractivity contribution is -0.310. The maximum Gasteiger partial charge on any atom is 0.453 e. The number of carbonyl (C=O) groups is 1. The molecule has 1 aromatic heterocycles. The van der Waals surface area contributed by atoms with Crippen molar-refractivity contribution in [3.05, 3.63) is 28.7 Å². The van der Waals surface area contributed by atoms with Gasteiger partial charge in [-0.05, 0) is 38.2 Å². The van der Waals surface area contributed by atoms with Crippen LogP contribution in [0.3, 0.4) is 0 Å². The molecule has 0 saturated heterocycles. The van der Waals surface area contributed by atoms with Crippen LogP contribution in [0.25, 0.3) is 0 Å². The standard InChI is InChI=1S/C21H26F6N2O4/c1-32-17-9-12(22)3-5-15(17)33-16-8-11(20(23,24)21(25,26)27)2-4-14(16)19(31)29-13-6-7-28-18(30)10-13/h6-7,10-12,14-17H,2-5,8-9H2,1H3,(H2,28,29,30,31). The number of alkyl halides is 6. The Labute approximate surface area is 186 Å². The largest absolute Gasteiger partial charge is 0.453 e. The number of hydrogen-bond acceptors (Lipinski definition) is 4. The summed E-state index contributed by atoms with van der Waals surface area (Å²) in [6, 6.07) is 2.52. The zero-order chi connectivity index (χ0) is 24.4. The number of methoxy groups -OCH3 is 1. The molecule has 2 fully saturated rings. The quantitative estimate of drug-likeness (QED) is 0.593. The molecule has 2 saturated carbocycles. The molecule has 0 bridgehead atoms. The normalized spacial score (nSPS) is 31.2. The summed E-state index contributed by atoms with van der Waals surface area (Å²) in [5.74, 6) is -8.71. The van der Waals surface area contributed by atoms with Gasteiger partial charge in [-0.25, -0.2) is 4.39 Å². The Balaban J connectivity index is 1.81. The average molecular weight is 484 g/mol. The first-order valence-electron chi connectivity index (χ1n) is 10.7. The van der Waals surface area contributed by atoms with E-state index in [2.05, 4.69) is 10.3 Å². The monoisotopic (exact) mass is 484 g/mol. The van der Waals surface area contributed by atoms with Crippen molar-refractivity contribution in [2.45, 2.75) is 75.1 Å². The number of hydrogen-bond donors (Lipinski definition) is 2. The van der Waals surface area contributed by atoms with E-state index in [0.29, 0.717) is 0 Å². The van der Waals surface area contributed by atoms with Crippen LogP contribution in [0.5, 0.6) is 0 Å². The summed E-state index contributed by atoms with van der Waals surface area (Å²) < 4.78 is 92.0. The first kappa shape index (κ1) is 25.5. The van der Waals surface area contributed by atoms with E-state index in [1.807, 2.05) is 0 Å². The van der Waals surface area contributed by atoms with Crippen molar-refractivity contribution in [2.24, 2.45) is 11.8 Å². The van der Waals surface area contributed by atoms with Gasteiger partial charge in [-0.1, -0.05) is 0 Å². The van der Waals surface area contributed by atoms with Crippen LogP contribution in [-0.2, 0) is 14.3 Å². The summed E-state index contributed by atoms with van der Waals surface area (Å²) >= 11 is 0. The molecular formula is C21H26F6N2O4. The Hall–Kier alpha value is -2.08. The molecule has 1 heterocycles. The van der Waals surface area contributed by atoms with Gasteiger partial charge in [0.25, 0.3) is 0 Å². The molecule has 2 aliphatic carbocycles. The highest BCUT2D eigenvalue weighted by molar-refractivity contribution is 5.92. The third kappa shape index (κ3) is 5.89. The van der Waals surface area contributed by atoms with Crippen LogP contribution in [0, 0.1) is 11.8 Å². The van der Waals surface area contributed by atoms with Crippen molar-refractivity contribution in [3.63, 3.8) is 0 Å². The minimum atomic E-state index is -5.73. The van der Waals surface area contributed by atoms with Gasteiger partial charge in [-0.2, -0.15) is 22.0 Å². The van der Waals surface area contributed by atoms with Gasteiger partial charge in [0.05, 0.1) is 24.2 Å². The molecule has 0 aromatic carbocycles. The number of aromatic amines is 1. The molecule has 6 atom stereocenters. The molecule has 0 radical (unpaired) electrons. The predicted molar refractivity (Wildman–Crippen MR) is 106 cm³/mol. The number of anilines is 1. The van der Waals surface area contributed by atoms with Gasteiger partial charge in [0, 0.05) is 37.4 Å². The Morgan fingerprint density at radius 3 is 2.42 bits per heavy atom. The van der Waals surface area contributed by atoms with E-state index in [1.165, 1.54) is 19.4 Å². The average Bonchev–Trinajstić information content (AvgIpc) is 2.74. The summed E-state index contributed by atoms with van der Waals surface area (Å²) in [7, 11) is 1.33. The number of halogens is 6. The van der Waals surface area contributed by atoms with Crippen LogP contribution >= 0.6 is 0 Å². The molecule has 33 heavy (non-hydrogen) atoms. The lowest BCUT2D eigenvalue weighted by Gasteiger charge is -2.42. The molecule has 6 unspecified atom stereocenters. The van der Waals surface area contributed by atoms with E-state index in [4.69, 9.17) is 9.47 Å². The Morgan fingerprint density at radius 2 is 1.79 bits per heavy atom. The molecule has 2 aliphatic rings. The van der Waals surface area contributed by atoms with Crippen LogP contribution in [-0.4, -0.2) is 54.6 Å². The van der Waals surface area contributed by atoms with E-state index in [1.54, 1.807) is 0 Å². The number of carbonyl (C=O) groups excluding carboxylic acids is 1. The number of nitrogens with one attached hydrogen (secondary N) is 2. The minimum Gasteiger partial charge on any atom is -0.379 e. The summed E-state index contributed by atoms with van der Waals surface area (Å²) in [6.07, 6.45) is -9.51. The lowest BCUT2D eigenvalue weighted by atomic mass is 9.76. The van der Waals surface area contributed by atoms with E-state index in [9.17, 15) is 35.9 Å². The van der Waals surface area contributed by atoms with Gasteiger partial charge in [0.1, 0.15) is 6.17 Å². The number of amides is 1. The fraction of sp³-hybridized carbons (Fsp3) is 0.714. The third-order valence-corrected chi connectivity index (χ3v) is 6.38. The van der Waals surface area contributed by atoms with Crippen LogP contribution < -0.4 is 10.9 Å². The molecule has 1 amide bonds. The van der Waals surface area contributed by atoms with Crippen LogP contribution in [0.1, 0.15) is 38.5 Å². The van der Waals surface area contributed by atoms with Crippen LogP contribution in [0.2, 0.25) is 0 Å². The highest BCUT2D eigenvalue weighted by Gasteiger charge is 2.63. The number of aromatic nitrogens is 1. The highest BCUT2D eigenvalue weighted by Crippen LogP contribution is 2.48. The maximum absolute atomic E-state index is 14.1. The Morgan fingerprint density at radius 1 is 1.06 bits per heavy atom. The summed E-state index contributed by atoms with van der Waals surface area (Å²) in [5.41, 5.74) is -0.335. The second-order valence-electron chi connectivity index (χ2n) is 8.57. The molecule has 2 N–H and O–H groups in total. The third-order valence-electron chi connectivity index (χ3n) is 6.38. The molecule has 12 heteroatoms. The summed E-state index contributed by atoms with van der Waals surface area (Å²) in [5, 5.41) is 2.50. The predicted octanol–water partition coefficient (Wildman–Crippen LogP) is 4.22. The van der Waals surface area contributed by atoms with Crippen molar-refractivity contribution in [1.29, 1.82) is 0 Å². The van der Waals surface area contributed by atoms with Crippen LogP contribution in [0.4, 0.5) is 32.0 Å². The molecule has 0 aliphatic heterocycles. The van der Waals surface area contributed by atoms with Gasteiger partial charge < -0.3 is 19.8 Å². The van der Waals surface area contributed by atoms with Crippen molar-refractivity contribution in [2.75, 3.05) is 12.4 Å². The Kier molecular flexibility index (Phi) is 7.77. The highest BCUT2D eigenvalue weighted by atomic mass is 19.4. The van der Waals surface area contributed by atoms with Gasteiger partial charge in [0.15, 0.2) is 0 Å². The van der Waals surface area contributed by atoms with Crippen LogP contribution in [0.15, 0.2) is 23.1 Å². The second kappa shape index (κ2) is 10.0. The van der Waals surface area contributed by atoms with Gasteiger partial charge in [0.2, 0.25) is 11.5 Å². The van der Waals surface area contributed by atoms with E-state index < -0.39 is 72.7 Å². The van der Waals surface area contributed by atoms with E-state index in [0.717, 1.165) is 6.07 Å². The fourth-order valence-corrected chi connectivity index (χ4v) is 4.58. The SMILES string of the molecule is COC1CC(F)CCC1OC1CC(C(F)(F)C(F)(F)F)CCC1C(=O)Nc1cc[nH]c(=O)c1. The van der Waals surface area contributed by atoms with Crippen molar-refractivity contribution in [1.82, 2.24) is 4.98 Å². The molecule has 186 valence electrons. The van der Waals surface area contributed by atoms with Crippen molar-refractivity contribution < 1.29 is 40.6 Å². The number of ether oxygens (including phenoxy) is 2. The minimum absolute atomic E-state index is 0.000316. The van der Waals surface area contributed by atoms with Gasteiger partial charge in [-0.15, -0.1) is 0 Å². The second-order valence-corrected chi connectivity index (χ2v) is 8.57. The van der Waals surface area contributed by atoms with Gasteiger partial charge >= 0.3 is 12.1 Å². The molecule has 6 nitrogen and oxygen atoms in total. The summed E-state index contributed by atoms with van der Waals surface area (Å²) in [6.45, 7) is 0. The Bertz CT molecular complexity index is 877. The first-order valence-corrected chi connectivity index (χ1v) is 10.7. The van der Waals surface area contributed by atoms with E-state index in [-0.39, 0.29) is 31.4 Å². The van der Waals surface area contributed by atoms with Gasteiger partial charge in [-0.3, -0.25) is 9.59 Å². The van der Waals surface area contributed by atoms with Crippen molar-refractivity contribution in [3.8, 4) is 0 Å². The smallest absolute Gasteiger partial charge is 0.379 e. The number of pyridine rings is 1. The van der Waals surface area contributed by atoms with E-state index >= 15 is 0 Å².